The van der Waals surface area contributed by atoms with E-state index in [0.717, 1.165) is 11.1 Å². The maximum Gasteiger partial charge on any atom is 0.407 e. The average Bonchev–Trinajstić information content (AvgIpc) is 3.24. The first-order valence-electron chi connectivity index (χ1n) is 10.4. The molecule has 0 radical (unpaired) electrons. The monoisotopic (exact) mass is 463 g/mol. The molecule has 0 spiro atoms. The predicted molar refractivity (Wildman–Crippen MR) is 123 cm³/mol. The van der Waals surface area contributed by atoms with Gasteiger partial charge in [0, 0.05) is 13.0 Å². The second-order valence-electron chi connectivity index (χ2n) is 7.54. The Hall–Kier alpha value is -4.47. The number of primary amides is 1. The molecule has 34 heavy (non-hydrogen) atoms. The van der Waals surface area contributed by atoms with Crippen LogP contribution in [-0.4, -0.2) is 46.6 Å². The molecular formula is C24H25N5O5. The molecule has 1 aromatic heterocycles. The fourth-order valence-electron chi connectivity index (χ4n) is 3.32. The second kappa shape index (κ2) is 10.9. The lowest BCUT2D eigenvalue weighted by atomic mass is 10.0. The van der Waals surface area contributed by atoms with Gasteiger partial charge in [0.1, 0.15) is 11.7 Å². The maximum absolute atomic E-state index is 13.1. The van der Waals surface area contributed by atoms with Gasteiger partial charge in [-0.25, -0.2) is 9.48 Å². The summed E-state index contributed by atoms with van der Waals surface area (Å²) in [4.78, 5) is 48.3. The van der Waals surface area contributed by atoms with Crippen molar-refractivity contribution in [1.82, 2.24) is 20.4 Å². The Kier molecular flexibility index (Phi) is 7.75. The number of carbonyl (C=O) groups excluding carboxylic acids is 4. The van der Waals surface area contributed by atoms with Crippen molar-refractivity contribution in [2.24, 2.45) is 5.73 Å². The fraction of sp³-hybridized carbons (Fsp3) is 0.208. The summed E-state index contributed by atoms with van der Waals surface area (Å²) in [6, 6.07) is 16.5. The van der Waals surface area contributed by atoms with E-state index in [-0.39, 0.29) is 18.7 Å². The van der Waals surface area contributed by atoms with Crippen LogP contribution in [0.2, 0.25) is 0 Å². The summed E-state index contributed by atoms with van der Waals surface area (Å²) in [6.45, 7) is 2.01. The van der Waals surface area contributed by atoms with E-state index in [2.05, 4.69) is 20.5 Å². The van der Waals surface area contributed by atoms with Gasteiger partial charge in [-0.1, -0.05) is 42.5 Å². The van der Waals surface area contributed by atoms with E-state index < -0.39 is 29.7 Å². The second-order valence-corrected chi connectivity index (χ2v) is 7.54. The molecule has 0 saturated carbocycles. The number of nitrogens with zero attached hydrogens (tertiary/aromatic N) is 2. The minimum absolute atomic E-state index is 0.114. The van der Waals surface area contributed by atoms with Crippen LogP contribution in [-0.2, 0) is 27.3 Å². The van der Waals surface area contributed by atoms with Gasteiger partial charge in [0.15, 0.2) is 0 Å². The number of ether oxygens (including phenoxy) is 1. The van der Waals surface area contributed by atoms with E-state index in [1.807, 2.05) is 6.07 Å². The Bertz CT molecular complexity index is 1190. The van der Waals surface area contributed by atoms with Gasteiger partial charge in [-0.15, -0.1) is 0 Å². The first-order valence-corrected chi connectivity index (χ1v) is 10.4. The smallest absolute Gasteiger partial charge is 0.407 e. The summed E-state index contributed by atoms with van der Waals surface area (Å²) >= 11 is 0. The number of aromatic nitrogens is 2. The zero-order valence-corrected chi connectivity index (χ0v) is 18.8. The third kappa shape index (κ3) is 6.06. The van der Waals surface area contributed by atoms with E-state index in [0.29, 0.717) is 11.4 Å². The van der Waals surface area contributed by atoms with Crippen LogP contribution in [0.1, 0.15) is 27.3 Å². The minimum Gasteiger partial charge on any atom is -0.453 e. The number of methoxy groups -OCH3 is 1. The van der Waals surface area contributed by atoms with E-state index in [1.54, 1.807) is 61.5 Å². The molecule has 0 fully saturated rings. The first-order chi connectivity index (χ1) is 16.3. The summed E-state index contributed by atoms with van der Waals surface area (Å²) in [5.41, 5.74) is 8.16. The van der Waals surface area contributed by atoms with Crippen molar-refractivity contribution in [3.8, 4) is 5.69 Å². The van der Waals surface area contributed by atoms with Gasteiger partial charge in [0.2, 0.25) is 5.78 Å². The van der Waals surface area contributed by atoms with E-state index >= 15 is 0 Å². The van der Waals surface area contributed by atoms with Crippen molar-refractivity contribution >= 4 is 23.7 Å². The standard InChI is InChI=1S/C24H25N5O5/c1-15-12-20(29(28-15)18-10-8-17(9-11-18)14-26-24(33)34-2)23(32)27-19(21(30)22(25)31)13-16-6-4-3-5-7-16/h3-12,19H,13-14H2,1-2H3,(H2,25,31)(H,26,33)(H,27,32). The molecule has 10 heteroatoms. The summed E-state index contributed by atoms with van der Waals surface area (Å²) in [6.07, 6.45) is -0.426. The fourth-order valence-corrected chi connectivity index (χ4v) is 3.32. The number of Topliss-reactive ketones (excluding diaryl/α,β-unsaturated/α-hetero) is 1. The lowest BCUT2D eigenvalue weighted by Crippen LogP contribution is -2.47. The number of nitrogens with one attached hydrogen (secondary N) is 2. The Morgan fingerprint density at radius 2 is 1.71 bits per heavy atom. The van der Waals surface area contributed by atoms with E-state index in [9.17, 15) is 19.2 Å². The summed E-state index contributed by atoms with van der Waals surface area (Å²) in [5, 5.41) is 9.59. The van der Waals surface area contributed by atoms with Crippen LogP contribution in [0.15, 0.2) is 60.7 Å². The van der Waals surface area contributed by atoms with Crippen molar-refractivity contribution < 1.29 is 23.9 Å². The quantitative estimate of drug-likeness (QED) is 0.409. The Morgan fingerprint density at radius 1 is 1.03 bits per heavy atom. The molecule has 4 N–H and O–H groups in total. The van der Waals surface area contributed by atoms with Crippen molar-refractivity contribution in [3.05, 3.63) is 83.2 Å². The zero-order valence-electron chi connectivity index (χ0n) is 18.8. The highest BCUT2D eigenvalue weighted by Gasteiger charge is 2.27. The number of carbonyl (C=O) groups is 4. The number of ketones is 1. The Morgan fingerprint density at radius 3 is 2.32 bits per heavy atom. The Labute approximate surface area is 196 Å². The van der Waals surface area contributed by atoms with Crippen LogP contribution in [0, 0.1) is 6.92 Å². The summed E-state index contributed by atoms with van der Waals surface area (Å²) < 4.78 is 5.99. The van der Waals surface area contributed by atoms with Gasteiger partial charge in [0.05, 0.1) is 18.5 Å². The summed E-state index contributed by atoms with van der Waals surface area (Å²) in [5.74, 6) is -2.59. The average molecular weight is 463 g/mol. The lowest BCUT2D eigenvalue weighted by Gasteiger charge is -2.17. The van der Waals surface area contributed by atoms with Gasteiger partial charge >= 0.3 is 6.09 Å². The number of nitrogens with two attached hydrogens (primary N) is 1. The summed E-state index contributed by atoms with van der Waals surface area (Å²) in [7, 11) is 1.28. The van der Waals surface area contributed by atoms with Gasteiger partial charge in [-0.05, 0) is 36.2 Å². The zero-order chi connectivity index (χ0) is 24.7. The topological polar surface area (TPSA) is 145 Å². The third-order valence-corrected chi connectivity index (χ3v) is 5.01. The lowest BCUT2D eigenvalue weighted by molar-refractivity contribution is -0.137. The van der Waals surface area contributed by atoms with Crippen molar-refractivity contribution in [3.63, 3.8) is 0 Å². The number of aryl methyl sites for hydroxylation is 1. The number of alkyl carbamates (subject to hydrolysis) is 1. The highest BCUT2D eigenvalue weighted by Crippen LogP contribution is 2.15. The number of rotatable bonds is 9. The molecule has 0 saturated heterocycles. The van der Waals surface area contributed by atoms with Gasteiger partial charge in [-0.3, -0.25) is 14.4 Å². The highest BCUT2D eigenvalue weighted by molar-refractivity contribution is 6.38. The molecule has 3 rings (SSSR count). The molecule has 1 heterocycles. The SMILES string of the molecule is COC(=O)NCc1ccc(-n2nc(C)cc2C(=O)NC(Cc2ccccc2)C(=O)C(N)=O)cc1. The van der Waals surface area contributed by atoms with Crippen LogP contribution in [0.3, 0.4) is 0 Å². The molecule has 1 unspecified atom stereocenters. The van der Waals surface area contributed by atoms with Crippen LogP contribution in [0.4, 0.5) is 4.79 Å². The van der Waals surface area contributed by atoms with Crippen molar-refractivity contribution in [2.75, 3.05) is 7.11 Å². The van der Waals surface area contributed by atoms with Gasteiger partial charge in [0.25, 0.3) is 11.8 Å². The van der Waals surface area contributed by atoms with Gasteiger partial charge < -0.3 is 21.1 Å². The molecule has 10 nitrogen and oxygen atoms in total. The third-order valence-electron chi connectivity index (χ3n) is 5.01. The van der Waals surface area contributed by atoms with Gasteiger partial charge in [-0.2, -0.15) is 5.10 Å². The first kappa shape index (κ1) is 24.2. The number of benzene rings is 2. The molecule has 3 amide bonds. The molecular weight excluding hydrogens is 438 g/mol. The molecule has 0 aliphatic heterocycles. The van der Waals surface area contributed by atoms with Crippen LogP contribution in [0.5, 0.6) is 0 Å². The van der Waals surface area contributed by atoms with Crippen LogP contribution in [0.25, 0.3) is 5.69 Å². The Balaban J connectivity index is 1.81. The normalized spacial score (nSPS) is 11.4. The maximum atomic E-state index is 13.1. The van der Waals surface area contributed by atoms with Crippen LogP contribution < -0.4 is 16.4 Å². The van der Waals surface area contributed by atoms with Crippen LogP contribution >= 0.6 is 0 Å². The molecule has 1 atom stereocenters. The number of amides is 3. The number of hydrogen-bond donors (Lipinski definition) is 3. The molecule has 3 aromatic rings. The van der Waals surface area contributed by atoms with Crippen molar-refractivity contribution in [1.29, 1.82) is 0 Å². The largest absolute Gasteiger partial charge is 0.453 e. The van der Waals surface area contributed by atoms with E-state index in [4.69, 9.17) is 5.73 Å². The molecule has 0 bridgehead atoms. The number of hydrogen-bond acceptors (Lipinski definition) is 6. The minimum atomic E-state index is -1.12. The van der Waals surface area contributed by atoms with E-state index in [1.165, 1.54) is 11.8 Å². The molecule has 0 aliphatic carbocycles. The van der Waals surface area contributed by atoms with Crippen molar-refractivity contribution in [2.45, 2.75) is 25.9 Å². The highest BCUT2D eigenvalue weighted by atomic mass is 16.5. The molecule has 0 aliphatic rings. The molecule has 2 aromatic carbocycles. The predicted octanol–water partition coefficient (Wildman–Crippen LogP) is 1.43. The molecule has 176 valence electrons.